The van der Waals surface area contributed by atoms with Crippen molar-refractivity contribution in [1.29, 1.82) is 0 Å². The molecule has 1 N–H and O–H groups in total. The van der Waals surface area contributed by atoms with Gasteiger partial charge in [-0.25, -0.2) is 9.97 Å². The normalized spacial score (nSPS) is 21.3. The van der Waals surface area contributed by atoms with E-state index in [0.29, 0.717) is 5.88 Å². The molecular formula is C12H16ClN3. The van der Waals surface area contributed by atoms with E-state index in [-0.39, 0.29) is 5.54 Å². The molecule has 1 fully saturated rings. The monoisotopic (exact) mass is 237 g/mol. The Bertz CT molecular complexity index is 396. The highest BCUT2D eigenvalue weighted by atomic mass is 35.5. The maximum absolute atomic E-state index is 6.06. The van der Waals surface area contributed by atoms with Crippen molar-refractivity contribution in [3.63, 3.8) is 0 Å². The van der Waals surface area contributed by atoms with Crippen molar-refractivity contribution < 1.29 is 0 Å². The average molecular weight is 238 g/mol. The molecular weight excluding hydrogens is 222 g/mol. The highest BCUT2D eigenvalue weighted by molar-refractivity contribution is 6.19. The Kier molecular flexibility index (Phi) is 2.51. The largest absolute Gasteiger partial charge is 0.363 e. The number of aromatic nitrogens is 2. The number of hydrogen-bond donors (Lipinski definition) is 1. The molecule has 3 rings (SSSR count). The first-order chi connectivity index (χ1) is 7.83. The van der Waals surface area contributed by atoms with Gasteiger partial charge in [-0.3, -0.25) is 0 Å². The third kappa shape index (κ3) is 1.58. The molecule has 0 saturated heterocycles. The molecule has 1 aromatic heterocycles. The van der Waals surface area contributed by atoms with Crippen LogP contribution in [-0.4, -0.2) is 21.4 Å². The lowest BCUT2D eigenvalue weighted by molar-refractivity contribution is 0.310. The van der Waals surface area contributed by atoms with Crippen LogP contribution < -0.4 is 5.32 Å². The lowest BCUT2D eigenvalue weighted by atomic mass is 9.78. The number of alkyl halides is 1. The summed E-state index contributed by atoms with van der Waals surface area (Å²) in [7, 11) is 0. The average Bonchev–Trinajstić information content (AvgIpc) is 2.72. The molecule has 0 amide bonds. The third-order valence-corrected chi connectivity index (χ3v) is 4.34. The molecule has 0 unspecified atom stereocenters. The number of nitrogens with zero attached hydrogens (tertiary/aromatic N) is 2. The van der Waals surface area contributed by atoms with Crippen molar-refractivity contribution in [2.45, 2.75) is 44.1 Å². The van der Waals surface area contributed by atoms with Gasteiger partial charge in [-0.2, -0.15) is 0 Å². The molecule has 1 aromatic rings. The van der Waals surface area contributed by atoms with E-state index in [1.165, 1.54) is 24.1 Å². The fourth-order valence-corrected chi connectivity index (χ4v) is 2.95. The number of rotatable bonds is 3. The van der Waals surface area contributed by atoms with Gasteiger partial charge in [0.2, 0.25) is 0 Å². The van der Waals surface area contributed by atoms with Gasteiger partial charge in [0.1, 0.15) is 12.1 Å². The van der Waals surface area contributed by atoms with Crippen molar-refractivity contribution in [2.75, 3.05) is 11.2 Å². The first-order valence-corrected chi connectivity index (χ1v) is 6.53. The molecule has 0 bridgehead atoms. The molecule has 1 saturated carbocycles. The van der Waals surface area contributed by atoms with Gasteiger partial charge < -0.3 is 5.32 Å². The summed E-state index contributed by atoms with van der Waals surface area (Å²) in [6, 6.07) is 0. The molecule has 0 aromatic carbocycles. The van der Waals surface area contributed by atoms with E-state index in [9.17, 15) is 0 Å². The van der Waals surface area contributed by atoms with Gasteiger partial charge in [0.15, 0.2) is 0 Å². The summed E-state index contributed by atoms with van der Waals surface area (Å²) in [5.41, 5.74) is 2.65. The molecule has 3 nitrogen and oxygen atoms in total. The first kappa shape index (κ1) is 10.3. The third-order valence-electron chi connectivity index (χ3n) is 3.82. The lowest BCUT2D eigenvalue weighted by Gasteiger charge is -2.41. The van der Waals surface area contributed by atoms with Crippen LogP contribution in [-0.2, 0) is 12.8 Å². The minimum atomic E-state index is 0.103. The second kappa shape index (κ2) is 3.88. The number of aryl methyl sites for hydroxylation is 1. The van der Waals surface area contributed by atoms with E-state index in [0.717, 1.165) is 31.5 Å². The minimum Gasteiger partial charge on any atom is -0.363 e. The molecule has 2 aliphatic carbocycles. The van der Waals surface area contributed by atoms with Crippen molar-refractivity contribution >= 4 is 17.4 Å². The molecule has 16 heavy (non-hydrogen) atoms. The molecule has 0 atom stereocenters. The van der Waals surface area contributed by atoms with E-state index in [1.807, 2.05) is 0 Å². The van der Waals surface area contributed by atoms with Crippen LogP contribution in [0.25, 0.3) is 0 Å². The zero-order valence-electron chi connectivity index (χ0n) is 9.30. The molecule has 0 radical (unpaired) electrons. The van der Waals surface area contributed by atoms with Crippen molar-refractivity contribution in [3.05, 3.63) is 17.6 Å². The van der Waals surface area contributed by atoms with Gasteiger partial charge in [0.05, 0.1) is 5.54 Å². The Morgan fingerprint density at radius 3 is 2.81 bits per heavy atom. The number of hydrogen-bond acceptors (Lipinski definition) is 3. The second-order valence-electron chi connectivity index (χ2n) is 4.89. The van der Waals surface area contributed by atoms with Crippen LogP contribution in [0.3, 0.4) is 0 Å². The quantitative estimate of drug-likeness (QED) is 0.821. The Labute approximate surface area is 101 Å². The smallest absolute Gasteiger partial charge is 0.133 e. The van der Waals surface area contributed by atoms with Crippen molar-refractivity contribution in [2.24, 2.45) is 0 Å². The van der Waals surface area contributed by atoms with Gasteiger partial charge >= 0.3 is 0 Å². The summed E-state index contributed by atoms with van der Waals surface area (Å²) in [6.45, 7) is 0. The summed E-state index contributed by atoms with van der Waals surface area (Å²) in [6.07, 6.45) is 8.68. The maximum atomic E-state index is 6.06. The Balaban J connectivity index is 1.87. The van der Waals surface area contributed by atoms with Gasteiger partial charge in [-0.15, -0.1) is 11.6 Å². The maximum Gasteiger partial charge on any atom is 0.133 e. The summed E-state index contributed by atoms with van der Waals surface area (Å²) in [5.74, 6) is 1.70. The first-order valence-electron chi connectivity index (χ1n) is 6.00. The Hall–Kier alpha value is -0.830. The van der Waals surface area contributed by atoms with E-state index in [1.54, 1.807) is 6.33 Å². The fourth-order valence-electron chi connectivity index (χ4n) is 2.61. The highest BCUT2D eigenvalue weighted by Gasteiger charge is 2.37. The van der Waals surface area contributed by atoms with Crippen molar-refractivity contribution in [1.82, 2.24) is 9.97 Å². The molecule has 1 heterocycles. The second-order valence-corrected chi connectivity index (χ2v) is 5.16. The minimum absolute atomic E-state index is 0.103. The van der Waals surface area contributed by atoms with Gasteiger partial charge in [0.25, 0.3) is 0 Å². The van der Waals surface area contributed by atoms with E-state index < -0.39 is 0 Å². The molecule has 0 aliphatic heterocycles. The molecule has 4 heteroatoms. The molecule has 2 aliphatic rings. The van der Waals surface area contributed by atoms with E-state index in [4.69, 9.17) is 11.6 Å². The Morgan fingerprint density at radius 2 is 2.12 bits per heavy atom. The van der Waals surface area contributed by atoms with Gasteiger partial charge in [-0.1, -0.05) is 0 Å². The van der Waals surface area contributed by atoms with E-state index >= 15 is 0 Å². The molecule has 0 spiro atoms. The Morgan fingerprint density at radius 1 is 1.25 bits per heavy atom. The zero-order chi connectivity index (χ0) is 11.0. The zero-order valence-corrected chi connectivity index (χ0v) is 10.1. The van der Waals surface area contributed by atoms with Crippen LogP contribution in [0.5, 0.6) is 0 Å². The topological polar surface area (TPSA) is 37.8 Å². The van der Waals surface area contributed by atoms with Crippen LogP contribution >= 0.6 is 11.6 Å². The van der Waals surface area contributed by atoms with Gasteiger partial charge in [-0.05, 0) is 38.5 Å². The standard InChI is InChI=1S/C12H16ClN3/c13-7-12(5-2-6-12)16-11-9-3-1-4-10(9)14-8-15-11/h8H,1-7H2,(H,14,15,16). The van der Waals surface area contributed by atoms with E-state index in [2.05, 4.69) is 15.3 Å². The predicted octanol–water partition coefficient (Wildman–Crippen LogP) is 2.54. The summed E-state index contributed by atoms with van der Waals surface area (Å²) >= 11 is 6.06. The number of anilines is 1. The number of halogens is 1. The number of fused-ring (bicyclic) bond motifs is 1. The SMILES string of the molecule is ClCC1(Nc2ncnc3c2CCC3)CCC1. The van der Waals surface area contributed by atoms with Gasteiger partial charge in [0, 0.05) is 17.1 Å². The highest BCUT2D eigenvalue weighted by Crippen LogP contribution is 2.37. The fraction of sp³-hybridized carbons (Fsp3) is 0.667. The summed E-state index contributed by atoms with van der Waals surface area (Å²) < 4.78 is 0. The summed E-state index contributed by atoms with van der Waals surface area (Å²) in [4.78, 5) is 8.72. The van der Waals surface area contributed by atoms with Crippen molar-refractivity contribution in [3.8, 4) is 0 Å². The number of nitrogens with one attached hydrogen (secondary N) is 1. The van der Waals surface area contributed by atoms with Crippen LogP contribution in [0.1, 0.15) is 36.9 Å². The molecule has 86 valence electrons. The predicted molar refractivity (Wildman–Crippen MR) is 65.0 cm³/mol. The van der Waals surface area contributed by atoms with Crippen LogP contribution in [0.15, 0.2) is 6.33 Å². The lowest BCUT2D eigenvalue weighted by Crippen LogP contribution is -2.47. The van der Waals surface area contributed by atoms with Crippen LogP contribution in [0, 0.1) is 0 Å². The summed E-state index contributed by atoms with van der Waals surface area (Å²) in [5, 5.41) is 3.56. The van der Waals surface area contributed by atoms with Crippen LogP contribution in [0.4, 0.5) is 5.82 Å². The van der Waals surface area contributed by atoms with Crippen LogP contribution in [0.2, 0.25) is 0 Å².